The molecule has 1 heterocycles. The molecular formula is C17H12ClN3O. The zero-order valence-corrected chi connectivity index (χ0v) is 12.3. The highest BCUT2D eigenvalue weighted by molar-refractivity contribution is 6.30. The van der Waals surface area contributed by atoms with Gasteiger partial charge in [-0.15, -0.1) is 0 Å². The van der Waals surface area contributed by atoms with Gasteiger partial charge >= 0.3 is 0 Å². The van der Waals surface area contributed by atoms with E-state index in [1.165, 1.54) is 0 Å². The van der Waals surface area contributed by atoms with Crippen LogP contribution in [0.4, 0.5) is 0 Å². The molecule has 0 aliphatic rings. The van der Waals surface area contributed by atoms with Crippen LogP contribution in [0, 0.1) is 11.3 Å². The highest BCUT2D eigenvalue weighted by Gasteiger charge is 2.18. The second kappa shape index (κ2) is 6.02. The summed E-state index contributed by atoms with van der Waals surface area (Å²) < 4.78 is 1.65. The van der Waals surface area contributed by atoms with Crippen molar-refractivity contribution in [2.45, 2.75) is 6.10 Å². The molecule has 0 fully saturated rings. The van der Waals surface area contributed by atoms with Crippen LogP contribution in [0.5, 0.6) is 0 Å². The zero-order valence-electron chi connectivity index (χ0n) is 11.5. The normalized spacial score (nSPS) is 11.9. The Kier molecular flexibility index (Phi) is 3.92. The van der Waals surface area contributed by atoms with Gasteiger partial charge in [0.25, 0.3) is 0 Å². The first kappa shape index (κ1) is 14.3. The third-order valence-electron chi connectivity index (χ3n) is 3.30. The first-order valence-electron chi connectivity index (χ1n) is 6.67. The van der Waals surface area contributed by atoms with Crippen molar-refractivity contribution in [3.05, 3.63) is 71.4 Å². The molecule has 0 saturated carbocycles. The van der Waals surface area contributed by atoms with E-state index in [-0.39, 0.29) is 0 Å². The number of nitriles is 1. The van der Waals surface area contributed by atoms with Crippen LogP contribution in [0.3, 0.4) is 0 Å². The Morgan fingerprint density at radius 3 is 2.41 bits per heavy atom. The largest absolute Gasteiger partial charge is 0.374 e. The molecule has 0 bridgehead atoms. The van der Waals surface area contributed by atoms with Gasteiger partial charge in [0.05, 0.1) is 17.5 Å². The number of halogens is 1. The Morgan fingerprint density at radius 1 is 1.09 bits per heavy atom. The summed E-state index contributed by atoms with van der Waals surface area (Å²) in [4.78, 5) is 0. The van der Waals surface area contributed by atoms with Gasteiger partial charge in [-0.05, 0) is 24.3 Å². The van der Waals surface area contributed by atoms with Gasteiger partial charge in [0.1, 0.15) is 0 Å². The predicted molar refractivity (Wildman–Crippen MR) is 84.6 cm³/mol. The summed E-state index contributed by atoms with van der Waals surface area (Å²) in [5.74, 6) is 0. The monoisotopic (exact) mass is 309 g/mol. The number of benzene rings is 2. The lowest BCUT2D eigenvalue weighted by Crippen LogP contribution is -1.94. The summed E-state index contributed by atoms with van der Waals surface area (Å²) in [6.45, 7) is 0. The average Bonchev–Trinajstić information content (AvgIpc) is 3.01. The van der Waals surface area contributed by atoms with Crippen molar-refractivity contribution in [3.8, 4) is 23.0 Å². The van der Waals surface area contributed by atoms with Crippen LogP contribution in [-0.4, -0.2) is 14.9 Å². The number of hydrogen-bond acceptors (Lipinski definition) is 3. The van der Waals surface area contributed by atoms with Gasteiger partial charge in [-0.2, -0.15) is 10.4 Å². The summed E-state index contributed by atoms with van der Waals surface area (Å²) in [7, 11) is 0. The molecule has 1 aromatic heterocycles. The maximum Gasteiger partial charge on any atom is 0.169 e. The van der Waals surface area contributed by atoms with E-state index in [4.69, 9.17) is 16.9 Å². The molecule has 0 spiro atoms. The molecule has 2 aromatic carbocycles. The molecule has 108 valence electrons. The second-order valence-electron chi connectivity index (χ2n) is 4.75. The minimum absolute atomic E-state index is 0.466. The number of nitrogens with zero attached hydrogens (tertiary/aromatic N) is 3. The van der Waals surface area contributed by atoms with E-state index < -0.39 is 6.10 Å². The predicted octanol–water partition coefficient (Wildman–Crippen LogP) is 3.75. The number of aliphatic hydroxyl groups excluding tert-OH is 1. The summed E-state index contributed by atoms with van der Waals surface area (Å²) in [5.41, 5.74) is 2.68. The molecular weight excluding hydrogens is 298 g/mol. The number of para-hydroxylation sites is 1. The van der Waals surface area contributed by atoms with Gasteiger partial charge in [-0.1, -0.05) is 41.9 Å². The van der Waals surface area contributed by atoms with Crippen LogP contribution in [-0.2, 0) is 0 Å². The van der Waals surface area contributed by atoms with E-state index in [1.807, 2.05) is 48.5 Å². The average molecular weight is 310 g/mol. The lowest BCUT2D eigenvalue weighted by molar-refractivity contribution is 0.236. The molecule has 3 rings (SSSR count). The van der Waals surface area contributed by atoms with E-state index in [1.54, 1.807) is 23.0 Å². The minimum atomic E-state index is -1.23. The quantitative estimate of drug-likeness (QED) is 0.749. The van der Waals surface area contributed by atoms with Crippen LogP contribution < -0.4 is 0 Å². The highest BCUT2D eigenvalue weighted by atomic mass is 35.5. The second-order valence-corrected chi connectivity index (χ2v) is 5.19. The smallest absolute Gasteiger partial charge is 0.169 e. The maximum atomic E-state index is 9.95. The Bertz CT molecular complexity index is 819. The minimum Gasteiger partial charge on any atom is -0.374 e. The Hall–Kier alpha value is -2.61. The lowest BCUT2D eigenvalue weighted by Gasteiger charge is -2.02. The van der Waals surface area contributed by atoms with Crippen LogP contribution in [0.25, 0.3) is 16.9 Å². The molecule has 3 aromatic rings. The van der Waals surface area contributed by atoms with Gasteiger partial charge in [-0.25, -0.2) is 4.68 Å². The highest BCUT2D eigenvalue weighted by Crippen LogP contribution is 2.29. The maximum absolute atomic E-state index is 9.95. The summed E-state index contributed by atoms with van der Waals surface area (Å²) in [5, 5.41) is 24.1. The van der Waals surface area contributed by atoms with E-state index in [2.05, 4.69) is 5.10 Å². The van der Waals surface area contributed by atoms with Gasteiger partial charge in [-0.3, -0.25) is 0 Å². The Balaban J connectivity index is 2.14. The Morgan fingerprint density at radius 2 is 1.77 bits per heavy atom. The zero-order chi connectivity index (χ0) is 15.5. The molecule has 1 N–H and O–H groups in total. The van der Waals surface area contributed by atoms with Gasteiger partial charge in [0.2, 0.25) is 0 Å². The summed E-state index contributed by atoms with van der Waals surface area (Å²) in [6.07, 6.45) is 0.441. The SMILES string of the molecule is N#CC(O)c1cn(-c2ccccc2)nc1-c1ccc(Cl)cc1. The molecule has 0 amide bonds. The van der Waals surface area contributed by atoms with Gasteiger partial charge in [0.15, 0.2) is 6.10 Å². The van der Waals surface area contributed by atoms with Crippen molar-refractivity contribution in [1.82, 2.24) is 9.78 Å². The van der Waals surface area contributed by atoms with Crippen molar-refractivity contribution in [2.75, 3.05) is 0 Å². The topological polar surface area (TPSA) is 61.8 Å². The van der Waals surface area contributed by atoms with Crippen LogP contribution in [0.2, 0.25) is 5.02 Å². The molecule has 4 nitrogen and oxygen atoms in total. The molecule has 0 radical (unpaired) electrons. The standard InChI is InChI=1S/C17H12ClN3O/c18-13-8-6-12(7-9-13)17-15(16(22)10-19)11-21(20-17)14-4-2-1-3-5-14/h1-9,11,16,22H. The third kappa shape index (κ3) is 2.73. The van der Waals surface area contributed by atoms with Gasteiger partial charge in [0, 0.05) is 22.3 Å². The van der Waals surface area contributed by atoms with Crippen LogP contribution in [0.15, 0.2) is 60.8 Å². The van der Waals surface area contributed by atoms with Crippen molar-refractivity contribution >= 4 is 11.6 Å². The molecule has 1 atom stereocenters. The summed E-state index contributed by atoms with van der Waals surface area (Å²) in [6, 6.07) is 18.5. The molecule has 1 unspecified atom stereocenters. The van der Waals surface area contributed by atoms with E-state index in [0.717, 1.165) is 11.3 Å². The first-order valence-corrected chi connectivity index (χ1v) is 7.05. The van der Waals surface area contributed by atoms with Crippen molar-refractivity contribution in [2.24, 2.45) is 0 Å². The first-order chi connectivity index (χ1) is 10.7. The summed E-state index contributed by atoms with van der Waals surface area (Å²) >= 11 is 5.90. The van der Waals surface area contributed by atoms with Crippen molar-refractivity contribution < 1.29 is 5.11 Å². The fraction of sp³-hybridized carbons (Fsp3) is 0.0588. The molecule has 5 heteroatoms. The van der Waals surface area contributed by atoms with Gasteiger partial charge < -0.3 is 5.11 Å². The number of aliphatic hydroxyl groups is 1. The molecule has 22 heavy (non-hydrogen) atoms. The van der Waals surface area contributed by atoms with Crippen LogP contribution >= 0.6 is 11.6 Å². The number of hydrogen-bond donors (Lipinski definition) is 1. The van der Waals surface area contributed by atoms with E-state index in [0.29, 0.717) is 16.3 Å². The fourth-order valence-electron chi connectivity index (χ4n) is 2.20. The Labute approximate surface area is 132 Å². The number of rotatable bonds is 3. The molecule has 0 aliphatic heterocycles. The fourth-order valence-corrected chi connectivity index (χ4v) is 2.33. The van der Waals surface area contributed by atoms with E-state index in [9.17, 15) is 5.11 Å². The lowest BCUT2D eigenvalue weighted by atomic mass is 10.1. The number of aromatic nitrogens is 2. The third-order valence-corrected chi connectivity index (χ3v) is 3.55. The molecule has 0 aliphatic carbocycles. The van der Waals surface area contributed by atoms with E-state index >= 15 is 0 Å². The van der Waals surface area contributed by atoms with Crippen molar-refractivity contribution in [1.29, 1.82) is 5.26 Å². The molecule has 0 saturated heterocycles. The van der Waals surface area contributed by atoms with Crippen molar-refractivity contribution in [3.63, 3.8) is 0 Å². The van der Waals surface area contributed by atoms with Crippen LogP contribution in [0.1, 0.15) is 11.7 Å².